The van der Waals surface area contributed by atoms with E-state index in [0.717, 1.165) is 15.7 Å². The van der Waals surface area contributed by atoms with Gasteiger partial charge in [-0.25, -0.2) is 4.99 Å². The minimum atomic E-state index is -0.270. The van der Waals surface area contributed by atoms with Crippen LogP contribution in [0, 0.1) is 6.92 Å². The number of nitrogens with one attached hydrogen (secondary N) is 2. The van der Waals surface area contributed by atoms with E-state index >= 15 is 0 Å². The second-order valence-corrected chi connectivity index (χ2v) is 6.32. The van der Waals surface area contributed by atoms with Crippen molar-refractivity contribution in [3.8, 4) is 11.5 Å². The topological polar surface area (TPSA) is 98.0 Å². The molecule has 0 saturated heterocycles. The monoisotopic (exact) mass is 420 g/mol. The van der Waals surface area contributed by atoms with Gasteiger partial charge in [0.15, 0.2) is 5.96 Å². The molecule has 0 aliphatic rings. The Kier molecular flexibility index (Phi) is 6.85. The van der Waals surface area contributed by atoms with E-state index in [-0.39, 0.29) is 18.4 Å². The molecule has 0 unspecified atom stereocenters. The van der Waals surface area contributed by atoms with Gasteiger partial charge in [-0.15, -0.1) is 0 Å². The number of rotatable bonds is 6. The molecule has 26 heavy (non-hydrogen) atoms. The largest absolute Gasteiger partial charge is 0.497 e. The minimum absolute atomic E-state index is 0.0951. The van der Waals surface area contributed by atoms with E-state index in [2.05, 4.69) is 31.6 Å². The summed E-state index contributed by atoms with van der Waals surface area (Å²) >= 11 is 3.38. The van der Waals surface area contributed by atoms with Crippen LogP contribution in [0.3, 0.4) is 0 Å². The van der Waals surface area contributed by atoms with Gasteiger partial charge in [0.1, 0.15) is 18.0 Å². The number of guanidine groups is 1. The maximum atomic E-state index is 12.1. The average Bonchev–Trinajstić information content (AvgIpc) is 2.63. The van der Waals surface area contributed by atoms with Gasteiger partial charge in [-0.05, 0) is 36.8 Å². The Balaban J connectivity index is 2.01. The zero-order chi connectivity index (χ0) is 19.1. The van der Waals surface area contributed by atoms with Crippen LogP contribution in [-0.4, -0.2) is 32.6 Å². The summed E-state index contributed by atoms with van der Waals surface area (Å²) < 4.78 is 11.3. The maximum absolute atomic E-state index is 12.1. The number of benzene rings is 2. The van der Waals surface area contributed by atoms with Gasteiger partial charge >= 0.3 is 0 Å². The molecule has 0 spiro atoms. The summed E-state index contributed by atoms with van der Waals surface area (Å²) in [4.78, 5) is 16.2. The van der Waals surface area contributed by atoms with Crippen molar-refractivity contribution in [1.82, 2.24) is 0 Å². The van der Waals surface area contributed by atoms with Gasteiger partial charge < -0.3 is 25.8 Å². The standard InChI is InChI=1S/C18H21BrN4O3/c1-11-4-5-12(19)8-14(11)22-17(24)10-21-18(20)23-15-9-13(25-2)6-7-16(15)26-3/h4-9H,10H2,1-3H3,(H,22,24)(H3,20,21,23). The van der Waals surface area contributed by atoms with Crippen LogP contribution in [0.25, 0.3) is 0 Å². The van der Waals surface area contributed by atoms with Gasteiger partial charge in [-0.2, -0.15) is 0 Å². The molecule has 0 saturated carbocycles. The third-order valence-electron chi connectivity index (χ3n) is 3.54. The number of carbonyl (C=O) groups is 1. The molecule has 0 bridgehead atoms. The molecule has 0 heterocycles. The molecule has 0 fully saturated rings. The SMILES string of the molecule is COc1ccc(OC)c(NC(N)=NCC(=O)Nc2cc(Br)ccc2C)c1. The number of nitrogens with zero attached hydrogens (tertiary/aromatic N) is 1. The third kappa shape index (κ3) is 5.38. The highest BCUT2D eigenvalue weighted by atomic mass is 79.9. The first-order chi connectivity index (χ1) is 12.4. The Morgan fingerprint density at radius 2 is 1.88 bits per heavy atom. The molecule has 0 aliphatic heterocycles. The summed E-state index contributed by atoms with van der Waals surface area (Å²) in [5.41, 5.74) is 8.14. The van der Waals surface area contributed by atoms with Crippen molar-refractivity contribution in [1.29, 1.82) is 0 Å². The van der Waals surface area contributed by atoms with Crippen molar-refractivity contribution in [2.24, 2.45) is 10.7 Å². The van der Waals surface area contributed by atoms with Crippen LogP contribution < -0.4 is 25.8 Å². The van der Waals surface area contributed by atoms with E-state index in [1.807, 2.05) is 25.1 Å². The number of halogens is 1. The second kappa shape index (κ2) is 9.10. The Morgan fingerprint density at radius 3 is 2.58 bits per heavy atom. The van der Waals surface area contributed by atoms with Crippen LogP contribution in [0.15, 0.2) is 45.9 Å². The van der Waals surface area contributed by atoms with Crippen LogP contribution >= 0.6 is 15.9 Å². The van der Waals surface area contributed by atoms with Gasteiger partial charge in [0, 0.05) is 16.2 Å². The lowest BCUT2D eigenvalue weighted by Crippen LogP contribution is -2.25. The molecular weight excluding hydrogens is 400 g/mol. The smallest absolute Gasteiger partial charge is 0.246 e. The number of nitrogens with two attached hydrogens (primary N) is 1. The highest BCUT2D eigenvalue weighted by Crippen LogP contribution is 2.28. The van der Waals surface area contributed by atoms with E-state index in [1.165, 1.54) is 0 Å². The molecule has 2 aromatic rings. The zero-order valence-corrected chi connectivity index (χ0v) is 16.4. The fourth-order valence-electron chi connectivity index (χ4n) is 2.16. The molecule has 0 atom stereocenters. The lowest BCUT2D eigenvalue weighted by atomic mass is 10.2. The van der Waals surface area contributed by atoms with Crippen LogP contribution in [-0.2, 0) is 4.79 Å². The van der Waals surface area contributed by atoms with E-state index in [9.17, 15) is 4.79 Å². The van der Waals surface area contributed by atoms with Crippen LogP contribution in [0.1, 0.15) is 5.56 Å². The number of methoxy groups -OCH3 is 2. The highest BCUT2D eigenvalue weighted by molar-refractivity contribution is 9.10. The van der Waals surface area contributed by atoms with Crippen molar-refractivity contribution in [3.05, 3.63) is 46.4 Å². The van der Waals surface area contributed by atoms with Crippen molar-refractivity contribution < 1.29 is 14.3 Å². The predicted molar refractivity (Wildman–Crippen MR) is 107 cm³/mol. The fourth-order valence-corrected chi connectivity index (χ4v) is 2.53. The summed E-state index contributed by atoms with van der Waals surface area (Å²) in [6.45, 7) is 1.80. The number of ether oxygens (including phenoxy) is 2. The second-order valence-electron chi connectivity index (χ2n) is 5.40. The van der Waals surface area contributed by atoms with Gasteiger partial charge in [0.25, 0.3) is 0 Å². The van der Waals surface area contributed by atoms with Crippen molar-refractivity contribution in [2.75, 3.05) is 31.4 Å². The number of anilines is 2. The molecule has 7 nitrogen and oxygen atoms in total. The Hall–Kier alpha value is -2.74. The molecule has 0 aliphatic carbocycles. The lowest BCUT2D eigenvalue weighted by molar-refractivity contribution is -0.114. The summed E-state index contributed by atoms with van der Waals surface area (Å²) in [7, 11) is 3.12. The number of carbonyl (C=O) groups excluding carboxylic acids is 1. The first-order valence-corrected chi connectivity index (χ1v) is 8.57. The van der Waals surface area contributed by atoms with Gasteiger partial charge in [0.05, 0.1) is 19.9 Å². The van der Waals surface area contributed by atoms with Gasteiger partial charge in [0.2, 0.25) is 5.91 Å². The first kappa shape index (κ1) is 19.6. The highest BCUT2D eigenvalue weighted by Gasteiger charge is 2.08. The Labute approximate surface area is 160 Å². The summed E-state index contributed by atoms with van der Waals surface area (Å²) in [6.07, 6.45) is 0. The number of hydrogen-bond acceptors (Lipinski definition) is 4. The average molecular weight is 421 g/mol. The maximum Gasteiger partial charge on any atom is 0.246 e. The molecule has 8 heteroatoms. The van der Waals surface area contributed by atoms with Crippen LogP contribution in [0.4, 0.5) is 11.4 Å². The van der Waals surface area contributed by atoms with E-state index in [1.54, 1.807) is 32.4 Å². The van der Waals surface area contributed by atoms with Gasteiger partial charge in [-0.3, -0.25) is 4.79 Å². The lowest BCUT2D eigenvalue weighted by Gasteiger charge is -2.12. The number of aliphatic imine (C=N–C) groups is 1. The third-order valence-corrected chi connectivity index (χ3v) is 4.03. The molecule has 0 aromatic heterocycles. The first-order valence-electron chi connectivity index (χ1n) is 7.78. The van der Waals surface area contributed by atoms with Crippen LogP contribution in [0.2, 0.25) is 0 Å². The van der Waals surface area contributed by atoms with E-state index in [4.69, 9.17) is 15.2 Å². The normalized spacial score (nSPS) is 11.0. The van der Waals surface area contributed by atoms with E-state index < -0.39 is 0 Å². The van der Waals surface area contributed by atoms with Crippen molar-refractivity contribution in [3.63, 3.8) is 0 Å². The number of aryl methyl sites for hydroxylation is 1. The summed E-state index contributed by atoms with van der Waals surface area (Å²) in [5.74, 6) is 1.05. The molecule has 2 rings (SSSR count). The zero-order valence-electron chi connectivity index (χ0n) is 14.8. The van der Waals surface area contributed by atoms with E-state index in [0.29, 0.717) is 17.2 Å². The molecule has 4 N–H and O–H groups in total. The summed E-state index contributed by atoms with van der Waals surface area (Å²) in [6, 6.07) is 10.9. The molecule has 0 radical (unpaired) electrons. The van der Waals surface area contributed by atoms with Crippen LogP contribution in [0.5, 0.6) is 11.5 Å². The van der Waals surface area contributed by atoms with Gasteiger partial charge in [-0.1, -0.05) is 22.0 Å². The fraction of sp³-hybridized carbons (Fsp3) is 0.222. The van der Waals surface area contributed by atoms with Crippen molar-refractivity contribution >= 4 is 39.2 Å². The quantitative estimate of drug-likeness (QED) is 0.492. The number of amides is 1. The molecule has 2 aromatic carbocycles. The molecule has 138 valence electrons. The predicted octanol–water partition coefficient (Wildman–Crippen LogP) is 3.14. The van der Waals surface area contributed by atoms with Crippen molar-refractivity contribution in [2.45, 2.75) is 6.92 Å². The minimum Gasteiger partial charge on any atom is -0.497 e. The molecular formula is C18H21BrN4O3. The molecule has 1 amide bonds. The Bertz CT molecular complexity index is 824. The Morgan fingerprint density at radius 1 is 1.12 bits per heavy atom. The summed E-state index contributed by atoms with van der Waals surface area (Å²) in [5, 5.41) is 5.72. The number of hydrogen-bond donors (Lipinski definition) is 3.